The predicted molar refractivity (Wildman–Crippen MR) is 31.9 cm³/mol. The first kappa shape index (κ1) is 8.90. The third kappa shape index (κ3) is 3.85. The molecule has 0 heterocycles. The molecule has 2 N–H and O–H groups in total. The Morgan fingerprint density at radius 1 is 1.60 bits per heavy atom. The van der Waals surface area contributed by atoms with E-state index in [1.54, 1.807) is 0 Å². The number of ether oxygens (including phenoxy) is 1. The molecule has 0 bridgehead atoms. The van der Waals surface area contributed by atoms with Gasteiger partial charge < -0.3 is 15.2 Å². The summed E-state index contributed by atoms with van der Waals surface area (Å²) in [4.78, 5) is 20.8. The van der Waals surface area contributed by atoms with Crippen LogP contribution in [0, 0.1) is 0 Å². The van der Waals surface area contributed by atoms with Crippen LogP contribution in [0.25, 0.3) is 0 Å². The number of aliphatic hydroxyl groups excluding tert-OH is 1. The molecule has 0 rings (SSSR count). The molecular weight excluding hydrogens is 138 g/mol. The number of carbonyl (C=O) groups is 2. The summed E-state index contributed by atoms with van der Waals surface area (Å²) in [6.07, 6.45) is -0.350. The van der Waals surface area contributed by atoms with Gasteiger partial charge in [0.1, 0.15) is 6.42 Å². The zero-order valence-electron chi connectivity index (χ0n) is 5.59. The molecule has 0 aliphatic carbocycles. The standard InChI is InChI=1S/C5H9NO4/c1-6-4(8)2-5(9)10-3-7/h7H,2-3H2,1H3,(H,6,8). The lowest BCUT2D eigenvalue weighted by Gasteiger charge is -1.98. The fraction of sp³-hybridized carbons (Fsp3) is 0.600. The van der Waals surface area contributed by atoms with Crippen molar-refractivity contribution < 1.29 is 19.4 Å². The maximum atomic E-state index is 10.4. The number of hydrogen-bond donors (Lipinski definition) is 2. The molecule has 0 aliphatic rings. The smallest absolute Gasteiger partial charge is 0.317 e. The van der Waals surface area contributed by atoms with Crippen LogP contribution in [-0.2, 0) is 14.3 Å². The molecule has 5 nitrogen and oxygen atoms in total. The molecule has 0 atom stereocenters. The third-order valence-electron chi connectivity index (χ3n) is 0.809. The minimum absolute atomic E-state index is 0.350. The van der Waals surface area contributed by atoms with E-state index in [1.165, 1.54) is 7.05 Å². The van der Waals surface area contributed by atoms with Gasteiger partial charge in [-0.25, -0.2) is 0 Å². The number of amides is 1. The molecule has 58 valence electrons. The van der Waals surface area contributed by atoms with E-state index in [0.717, 1.165) is 0 Å². The highest BCUT2D eigenvalue weighted by molar-refractivity contribution is 5.93. The molecule has 1 amide bonds. The van der Waals surface area contributed by atoms with Crippen LogP contribution < -0.4 is 5.32 Å². The molecule has 0 aliphatic heterocycles. The van der Waals surface area contributed by atoms with E-state index in [-0.39, 0.29) is 6.42 Å². The van der Waals surface area contributed by atoms with Crippen molar-refractivity contribution in [3.8, 4) is 0 Å². The SMILES string of the molecule is CNC(=O)CC(=O)OCO. The summed E-state index contributed by atoms with van der Waals surface area (Å²) >= 11 is 0. The minimum Gasteiger partial charge on any atom is -0.438 e. The Morgan fingerprint density at radius 3 is 2.60 bits per heavy atom. The number of carbonyl (C=O) groups excluding carboxylic acids is 2. The van der Waals surface area contributed by atoms with Crippen LogP contribution in [-0.4, -0.2) is 30.8 Å². The summed E-state index contributed by atoms with van der Waals surface area (Å²) in [5.41, 5.74) is 0. The predicted octanol–water partition coefficient (Wildman–Crippen LogP) is -1.38. The average molecular weight is 147 g/mol. The molecule has 0 aromatic rings. The van der Waals surface area contributed by atoms with Crippen LogP contribution in [0.1, 0.15) is 6.42 Å². The highest BCUT2D eigenvalue weighted by Gasteiger charge is 2.06. The van der Waals surface area contributed by atoms with E-state index >= 15 is 0 Å². The summed E-state index contributed by atoms with van der Waals surface area (Å²) in [6.45, 7) is -0.685. The van der Waals surface area contributed by atoms with Gasteiger partial charge in [-0.05, 0) is 0 Å². The van der Waals surface area contributed by atoms with Crippen molar-refractivity contribution in [1.82, 2.24) is 5.32 Å². The summed E-state index contributed by atoms with van der Waals surface area (Å²) < 4.78 is 4.07. The lowest BCUT2D eigenvalue weighted by atomic mass is 10.4. The summed E-state index contributed by atoms with van der Waals surface area (Å²) in [6, 6.07) is 0. The number of aliphatic hydroxyl groups is 1. The van der Waals surface area contributed by atoms with Gasteiger partial charge in [0.05, 0.1) is 0 Å². The van der Waals surface area contributed by atoms with Crippen LogP contribution >= 0.6 is 0 Å². The molecule has 0 aromatic heterocycles. The van der Waals surface area contributed by atoms with Crippen molar-refractivity contribution in [1.29, 1.82) is 0 Å². The lowest BCUT2D eigenvalue weighted by Crippen LogP contribution is -2.22. The highest BCUT2D eigenvalue weighted by Crippen LogP contribution is 1.83. The van der Waals surface area contributed by atoms with Crippen LogP contribution in [0.5, 0.6) is 0 Å². The number of hydrogen-bond acceptors (Lipinski definition) is 4. The monoisotopic (exact) mass is 147 g/mol. The van der Waals surface area contributed by atoms with Crippen molar-refractivity contribution in [3.05, 3.63) is 0 Å². The number of rotatable bonds is 3. The van der Waals surface area contributed by atoms with Crippen molar-refractivity contribution in [2.75, 3.05) is 13.8 Å². The first-order chi connectivity index (χ1) is 4.70. The Labute approximate surface area is 58.0 Å². The number of nitrogens with one attached hydrogen (secondary N) is 1. The van der Waals surface area contributed by atoms with Gasteiger partial charge in [-0.2, -0.15) is 0 Å². The van der Waals surface area contributed by atoms with Crippen LogP contribution in [0.15, 0.2) is 0 Å². The van der Waals surface area contributed by atoms with Gasteiger partial charge in [-0.15, -0.1) is 0 Å². The van der Waals surface area contributed by atoms with Crippen molar-refractivity contribution in [3.63, 3.8) is 0 Å². The van der Waals surface area contributed by atoms with Crippen molar-refractivity contribution in [2.24, 2.45) is 0 Å². The zero-order valence-corrected chi connectivity index (χ0v) is 5.59. The average Bonchev–Trinajstić information content (AvgIpc) is 1.88. The van der Waals surface area contributed by atoms with Gasteiger partial charge in [-0.3, -0.25) is 9.59 Å². The molecular formula is C5H9NO4. The minimum atomic E-state index is -0.734. The second-order valence-electron chi connectivity index (χ2n) is 1.50. The van der Waals surface area contributed by atoms with Gasteiger partial charge in [0.25, 0.3) is 0 Å². The Hall–Kier alpha value is -1.10. The Kier molecular flexibility index (Phi) is 4.23. The van der Waals surface area contributed by atoms with E-state index in [0.29, 0.717) is 0 Å². The third-order valence-corrected chi connectivity index (χ3v) is 0.809. The van der Waals surface area contributed by atoms with E-state index in [9.17, 15) is 9.59 Å². The fourth-order valence-electron chi connectivity index (χ4n) is 0.343. The maximum absolute atomic E-state index is 10.4. The fourth-order valence-corrected chi connectivity index (χ4v) is 0.343. The van der Waals surface area contributed by atoms with Gasteiger partial charge in [0, 0.05) is 7.05 Å². The number of esters is 1. The van der Waals surface area contributed by atoms with Gasteiger partial charge in [0.15, 0.2) is 6.79 Å². The van der Waals surface area contributed by atoms with Gasteiger partial charge in [0.2, 0.25) is 5.91 Å². The summed E-state index contributed by atoms with van der Waals surface area (Å²) in [5.74, 6) is -1.17. The quantitative estimate of drug-likeness (QED) is 0.293. The van der Waals surface area contributed by atoms with Gasteiger partial charge in [-0.1, -0.05) is 0 Å². The summed E-state index contributed by atoms with van der Waals surface area (Å²) in [7, 11) is 1.41. The van der Waals surface area contributed by atoms with Crippen LogP contribution in [0.2, 0.25) is 0 Å². The second-order valence-corrected chi connectivity index (χ2v) is 1.50. The summed E-state index contributed by atoms with van der Waals surface area (Å²) in [5, 5.41) is 10.3. The molecule has 0 saturated carbocycles. The largest absolute Gasteiger partial charge is 0.438 e. The van der Waals surface area contributed by atoms with Crippen molar-refractivity contribution in [2.45, 2.75) is 6.42 Å². The van der Waals surface area contributed by atoms with Crippen molar-refractivity contribution >= 4 is 11.9 Å². The molecule has 0 radical (unpaired) electrons. The molecule has 0 spiro atoms. The first-order valence-corrected chi connectivity index (χ1v) is 2.67. The van der Waals surface area contributed by atoms with E-state index in [2.05, 4.69) is 10.1 Å². The Bertz CT molecular complexity index is 134. The molecule has 10 heavy (non-hydrogen) atoms. The highest BCUT2D eigenvalue weighted by atomic mass is 16.6. The van der Waals surface area contributed by atoms with Crippen LogP contribution in [0.3, 0.4) is 0 Å². The van der Waals surface area contributed by atoms with Crippen LogP contribution in [0.4, 0.5) is 0 Å². The van der Waals surface area contributed by atoms with E-state index < -0.39 is 18.7 Å². The second kappa shape index (κ2) is 4.75. The van der Waals surface area contributed by atoms with Gasteiger partial charge >= 0.3 is 5.97 Å². The molecule has 0 saturated heterocycles. The molecule has 5 heteroatoms. The molecule has 0 fully saturated rings. The maximum Gasteiger partial charge on any atom is 0.317 e. The first-order valence-electron chi connectivity index (χ1n) is 2.67. The van der Waals surface area contributed by atoms with E-state index in [4.69, 9.17) is 5.11 Å². The van der Waals surface area contributed by atoms with E-state index in [1.807, 2.05) is 0 Å². The normalized spacial score (nSPS) is 8.60. The molecule has 0 aromatic carbocycles. The molecule has 0 unspecified atom stereocenters. The zero-order chi connectivity index (χ0) is 7.98. The Morgan fingerprint density at radius 2 is 2.20 bits per heavy atom. The Balaban J connectivity index is 3.47. The topological polar surface area (TPSA) is 75.6 Å². The lowest BCUT2D eigenvalue weighted by molar-refractivity contribution is -0.153.